The van der Waals surface area contributed by atoms with Gasteiger partial charge in [0.25, 0.3) is 5.91 Å². The van der Waals surface area contributed by atoms with E-state index in [4.69, 9.17) is 4.42 Å². The maximum Gasteiger partial charge on any atom is 0.287 e. The van der Waals surface area contributed by atoms with Gasteiger partial charge in [-0.05, 0) is 42.3 Å². The van der Waals surface area contributed by atoms with Crippen molar-refractivity contribution in [1.82, 2.24) is 14.5 Å². The predicted molar refractivity (Wildman–Crippen MR) is 114 cm³/mol. The number of hydrogen-bond donors (Lipinski definition) is 1. The van der Waals surface area contributed by atoms with Gasteiger partial charge in [0.1, 0.15) is 6.04 Å². The van der Waals surface area contributed by atoms with Crippen LogP contribution in [-0.4, -0.2) is 61.7 Å². The highest BCUT2D eigenvalue weighted by molar-refractivity contribution is 9.10. The Labute approximate surface area is 184 Å². The zero-order valence-electron chi connectivity index (χ0n) is 16.7. The third-order valence-electron chi connectivity index (χ3n) is 4.97. The third-order valence-corrected chi connectivity index (χ3v) is 7.41. The van der Waals surface area contributed by atoms with Gasteiger partial charge in [-0.1, -0.05) is 29.8 Å². The summed E-state index contributed by atoms with van der Waals surface area (Å²) >= 11 is 3.30. The van der Waals surface area contributed by atoms with Crippen LogP contribution in [0.1, 0.15) is 24.4 Å². The molecule has 0 radical (unpaired) electrons. The number of hydrogen-bond acceptors (Lipinski definition) is 5. The summed E-state index contributed by atoms with van der Waals surface area (Å²) in [4.78, 5) is 27.1. The van der Waals surface area contributed by atoms with E-state index < -0.39 is 22.0 Å². The Balaban J connectivity index is 1.64. The van der Waals surface area contributed by atoms with E-state index in [-0.39, 0.29) is 48.7 Å². The van der Waals surface area contributed by atoms with Gasteiger partial charge in [0.2, 0.25) is 15.9 Å². The van der Waals surface area contributed by atoms with E-state index in [1.54, 1.807) is 35.2 Å². The van der Waals surface area contributed by atoms with Crippen LogP contribution in [0.25, 0.3) is 0 Å². The minimum Gasteiger partial charge on any atom is -0.459 e. The lowest BCUT2D eigenvalue weighted by molar-refractivity contribution is -0.135. The van der Waals surface area contributed by atoms with Crippen LogP contribution >= 0.6 is 15.9 Å². The molecule has 1 aromatic carbocycles. The summed E-state index contributed by atoms with van der Waals surface area (Å²) in [5.41, 5.74) is 0. The van der Waals surface area contributed by atoms with Crippen molar-refractivity contribution in [2.75, 3.05) is 26.2 Å². The van der Waals surface area contributed by atoms with Crippen LogP contribution in [0.3, 0.4) is 0 Å². The molecule has 0 bridgehead atoms. The lowest BCUT2D eigenvalue weighted by atomic mass is 10.0. The summed E-state index contributed by atoms with van der Waals surface area (Å²) in [6.07, 6.45) is 1.40. The van der Waals surface area contributed by atoms with Crippen LogP contribution in [0, 0.1) is 5.92 Å². The number of amides is 2. The molecule has 1 atom stereocenters. The van der Waals surface area contributed by atoms with Crippen molar-refractivity contribution < 1.29 is 22.4 Å². The quantitative estimate of drug-likeness (QED) is 0.659. The van der Waals surface area contributed by atoms with Crippen molar-refractivity contribution in [1.29, 1.82) is 0 Å². The summed E-state index contributed by atoms with van der Waals surface area (Å²) in [5.74, 6) is -0.686. The van der Waals surface area contributed by atoms with Crippen LogP contribution in [0.15, 0.2) is 56.4 Å². The van der Waals surface area contributed by atoms with Crippen molar-refractivity contribution in [2.24, 2.45) is 5.92 Å². The van der Waals surface area contributed by atoms with Gasteiger partial charge in [0.05, 0.1) is 11.2 Å². The second-order valence-corrected chi connectivity index (χ2v) is 10.2. The van der Waals surface area contributed by atoms with Gasteiger partial charge < -0.3 is 14.6 Å². The molecular formula is C20H24BrN3O5S. The molecule has 0 spiro atoms. The van der Waals surface area contributed by atoms with Gasteiger partial charge in [0.15, 0.2) is 5.76 Å². The van der Waals surface area contributed by atoms with E-state index in [1.165, 1.54) is 16.6 Å². The molecule has 0 saturated carbocycles. The molecule has 1 fully saturated rings. The molecule has 8 nitrogen and oxygen atoms in total. The molecule has 30 heavy (non-hydrogen) atoms. The van der Waals surface area contributed by atoms with Crippen LogP contribution < -0.4 is 5.32 Å². The smallest absolute Gasteiger partial charge is 0.287 e. The van der Waals surface area contributed by atoms with Gasteiger partial charge in [-0.3, -0.25) is 9.59 Å². The van der Waals surface area contributed by atoms with E-state index in [9.17, 15) is 18.0 Å². The van der Waals surface area contributed by atoms with Crippen LogP contribution in [-0.2, 0) is 14.8 Å². The topological polar surface area (TPSA) is 99.9 Å². The number of rotatable bonds is 6. The average Bonchev–Trinajstić information content (AvgIpc) is 3.26. The van der Waals surface area contributed by atoms with Crippen LogP contribution in [0.2, 0.25) is 0 Å². The van der Waals surface area contributed by atoms with E-state index >= 15 is 0 Å². The minimum absolute atomic E-state index is 0.138. The summed E-state index contributed by atoms with van der Waals surface area (Å²) in [6, 6.07) is 8.88. The Morgan fingerprint density at radius 2 is 1.70 bits per heavy atom. The Morgan fingerprint density at radius 1 is 1.07 bits per heavy atom. The molecule has 2 heterocycles. The highest BCUT2D eigenvalue weighted by Gasteiger charge is 2.34. The zero-order chi connectivity index (χ0) is 21.9. The molecule has 1 aliphatic rings. The molecule has 1 aromatic heterocycles. The fourth-order valence-corrected chi connectivity index (χ4v) is 4.92. The van der Waals surface area contributed by atoms with Gasteiger partial charge in [0, 0.05) is 30.7 Å². The number of nitrogens with one attached hydrogen (secondary N) is 1. The molecule has 1 saturated heterocycles. The molecule has 162 valence electrons. The van der Waals surface area contributed by atoms with Gasteiger partial charge >= 0.3 is 0 Å². The fraction of sp³-hybridized carbons (Fsp3) is 0.400. The minimum atomic E-state index is -3.62. The highest BCUT2D eigenvalue weighted by Crippen LogP contribution is 2.21. The fourth-order valence-electron chi connectivity index (χ4n) is 3.23. The first-order chi connectivity index (χ1) is 14.2. The lowest BCUT2D eigenvalue weighted by Gasteiger charge is -2.36. The van der Waals surface area contributed by atoms with E-state index in [1.807, 2.05) is 13.8 Å². The normalized spacial score (nSPS) is 16.5. The first-order valence-electron chi connectivity index (χ1n) is 9.59. The summed E-state index contributed by atoms with van der Waals surface area (Å²) in [7, 11) is -3.62. The number of nitrogens with zero attached hydrogens (tertiary/aromatic N) is 2. The average molecular weight is 498 g/mol. The molecule has 0 unspecified atom stereocenters. The molecule has 3 rings (SSSR count). The SMILES string of the molecule is CC(C)[C@H](NC(=O)c1ccco1)C(=O)N1CCN(S(=O)(=O)c2ccc(Br)cc2)CC1. The Morgan fingerprint density at radius 3 is 2.23 bits per heavy atom. The molecule has 10 heteroatoms. The van der Waals surface area contributed by atoms with E-state index in [2.05, 4.69) is 21.2 Å². The van der Waals surface area contributed by atoms with Crippen LogP contribution in [0.5, 0.6) is 0 Å². The maximum absolute atomic E-state index is 13.0. The molecule has 2 amide bonds. The van der Waals surface area contributed by atoms with Crippen molar-refractivity contribution in [2.45, 2.75) is 24.8 Å². The number of sulfonamides is 1. The van der Waals surface area contributed by atoms with Gasteiger partial charge in [-0.15, -0.1) is 0 Å². The van der Waals surface area contributed by atoms with Gasteiger partial charge in [-0.25, -0.2) is 8.42 Å². The molecular weight excluding hydrogens is 474 g/mol. The Bertz CT molecular complexity index is 982. The summed E-state index contributed by atoms with van der Waals surface area (Å²) < 4.78 is 32.9. The third kappa shape index (κ3) is 4.93. The summed E-state index contributed by atoms with van der Waals surface area (Å²) in [6.45, 7) is 4.60. The number of halogens is 1. The number of benzene rings is 1. The van der Waals surface area contributed by atoms with Crippen LogP contribution in [0.4, 0.5) is 0 Å². The zero-order valence-corrected chi connectivity index (χ0v) is 19.1. The maximum atomic E-state index is 13.0. The number of carbonyl (C=O) groups excluding carboxylic acids is 2. The molecule has 1 aliphatic heterocycles. The monoisotopic (exact) mass is 497 g/mol. The second kappa shape index (κ2) is 9.32. The van der Waals surface area contributed by atoms with Crippen molar-refractivity contribution in [3.8, 4) is 0 Å². The lowest BCUT2D eigenvalue weighted by Crippen LogP contribution is -2.57. The molecule has 0 aliphatic carbocycles. The first kappa shape index (κ1) is 22.5. The van der Waals surface area contributed by atoms with E-state index in [0.29, 0.717) is 0 Å². The largest absolute Gasteiger partial charge is 0.459 e. The first-order valence-corrected chi connectivity index (χ1v) is 11.8. The van der Waals surface area contributed by atoms with Crippen molar-refractivity contribution in [3.05, 3.63) is 52.9 Å². The summed E-state index contributed by atoms with van der Waals surface area (Å²) in [5, 5.41) is 2.73. The van der Waals surface area contributed by atoms with E-state index in [0.717, 1.165) is 4.47 Å². The number of furan rings is 1. The number of piperazine rings is 1. The highest BCUT2D eigenvalue weighted by atomic mass is 79.9. The Hall–Kier alpha value is -2.17. The standard InChI is InChI=1S/C20H24BrN3O5S/c1-14(2)18(22-19(25)17-4-3-13-29-17)20(26)23-9-11-24(12-10-23)30(27,28)16-7-5-15(21)6-8-16/h3-8,13-14,18H,9-12H2,1-2H3,(H,22,25)/t18-/m0/s1. The van der Waals surface area contributed by atoms with Gasteiger partial charge in [-0.2, -0.15) is 4.31 Å². The predicted octanol–water partition coefficient (Wildman–Crippen LogP) is 2.33. The molecule has 2 aromatic rings. The van der Waals surface area contributed by atoms with Crippen molar-refractivity contribution >= 4 is 37.8 Å². The second-order valence-electron chi connectivity index (χ2n) is 7.36. The van der Waals surface area contributed by atoms with Crippen molar-refractivity contribution in [3.63, 3.8) is 0 Å². The Kier molecular flexibility index (Phi) is 6.99. The number of carbonyl (C=O) groups is 2. The molecule has 1 N–H and O–H groups in total.